The number of nitro groups is 1. The van der Waals surface area contributed by atoms with Crippen molar-refractivity contribution in [2.24, 2.45) is 0 Å². The summed E-state index contributed by atoms with van der Waals surface area (Å²) in [4.78, 5) is 9.70. The summed E-state index contributed by atoms with van der Waals surface area (Å²) < 4.78 is 12.9. The van der Waals surface area contributed by atoms with Gasteiger partial charge in [0, 0.05) is 0 Å². The summed E-state index contributed by atoms with van der Waals surface area (Å²) in [6, 6.07) is 0.958. The number of hydrogen-bond acceptors (Lipinski definition) is 3. The Morgan fingerprint density at radius 3 is 2.69 bits per heavy atom. The molecule has 1 rings (SSSR count). The number of benzene rings is 1. The predicted octanol–water partition coefficient (Wildman–Crippen LogP) is 2.28. The smallest absolute Gasteiger partial charge is 0.299 e. The molecule has 1 aromatic rings. The molecule has 0 spiro atoms. The molecule has 0 fully saturated rings. The molecule has 0 amide bonds. The van der Waals surface area contributed by atoms with Crippen molar-refractivity contribution in [1.82, 2.24) is 0 Å². The fourth-order valence-corrected chi connectivity index (χ4v) is 1.15. The van der Waals surface area contributed by atoms with E-state index in [9.17, 15) is 14.5 Å². The lowest BCUT2D eigenvalue weighted by Crippen LogP contribution is -2.01. The van der Waals surface area contributed by atoms with Gasteiger partial charge in [0.15, 0.2) is 0 Å². The number of nitrogens with zero attached hydrogens (tertiary/aromatic N) is 1. The maximum absolute atomic E-state index is 12.9. The molecule has 0 unspecified atom stereocenters. The first-order valence-electron chi connectivity index (χ1n) is 3.33. The van der Waals surface area contributed by atoms with Gasteiger partial charge in [0.1, 0.15) is 11.5 Å². The van der Waals surface area contributed by atoms with Crippen LogP contribution < -0.4 is 5.73 Å². The van der Waals surface area contributed by atoms with E-state index in [0.29, 0.717) is 0 Å². The summed E-state index contributed by atoms with van der Waals surface area (Å²) in [6.07, 6.45) is 0. The first-order chi connectivity index (χ1) is 5.95. The van der Waals surface area contributed by atoms with E-state index in [1.807, 2.05) is 0 Å². The zero-order valence-corrected chi connectivity index (χ0v) is 7.43. The minimum atomic E-state index is -0.750. The molecule has 0 saturated heterocycles. The first-order valence-corrected chi connectivity index (χ1v) is 3.71. The van der Waals surface area contributed by atoms with E-state index in [-0.39, 0.29) is 16.3 Å². The van der Waals surface area contributed by atoms with Crippen LogP contribution in [0.5, 0.6) is 0 Å². The van der Waals surface area contributed by atoms with Crippen LogP contribution in [0.1, 0.15) is 5.56 Å². The van der Waals surface area contributed by atoms with Crippen LogP contribution >= 0.6 is 11.6 Å². The van der Waals surface area contributed by atoms with Gasteiger partial charge in [-0.15, -0.1) is 0 Å². The van der Waals surface area contributed by atoms with E-state index in [1.165, 1.54) is 6.92 Å². The Morgan fingerprint density at radius 1 is 1.69 bits per heavy atom. The fourth-order valence-electron chi connectivity index (χ4n) is 0.961. The predicted molar refractivity (Wildman–Crippen MR) is 47.2 cm³/mol. The summed E-state index contributed by atoms with van der Waals surface area (Å²) in [5.41, 5.74) is 4.54. The Morgan fingerprint density at radius 2 is 2.23 bits per heavy atom. The molecule has 0 bridgehead atoms. The van der Waals surface area contributed by atoms with Gasteiger partial charge >= 0.3 is 0 Å². The highest BCUT2D eigenvalue weighted by Crippen LogP contribution is 2.33. The van der Waals surface area contributed by atoms with Crippen LogP contribution in [0.25, 0.3) is 0 Å². The van der Waals surface area contributed by atoms with Crippen molar-refractivity contribution >= 4 is 23.0 Å². The monoisotopic (exact) mass is 204 g/mol. The lowest BCUT2D eigenvalue weighted by atomic mass is 10.1. The Balaban J connectivity index is 3.56. The Bertz CT molecular complexity index is 355. The highest BCUT2D eigenvalue weighted by Gasteiger charge is 2.21. The third kappa shape index (κ3) is 1.55. The van der Waals surface area contributed by atoms with E-state index in [0.717, 1.165) is 6.07 Å². The van der Waals surface area contributed by atoms with Gasteiger partial charge in [-0.05, 0) is 13.0 Å². The van der Waals surface area contributed by atoms with Crippen LogP contribution in [0.15, 0.2) is 6.07 Å². The number of anilines is 1. The number of nitrogens with two attached hydrogens (primary N) is 1. The summed E-state index contributed by atoms with van der Waals surface area (Å²) >= 11 is 5.47. The molecule has 0 atom stereocenters. The average Bonchev–Trinajstić information content (AvgIpc) is 2.01. The summed E-state index contributed by atoms with van der Waals surface area (Å²) in [6.45, 7) is 1.28. The fraction of sp³-hybridized carbons (Fsp3) is 0.143. The number of hydrogen-bond donors (Lipinski definition) is 1. The van der Waals surface area contributed by atoms with Crippen molar-refractivity contribution in [2.75, 3.05) is 5.73 Å². The minimum absolute atomic E-state index is 0.105. The number of halogens is 2. The van der Waals surface area contributed by atoms with E-state index in [1.54, 1.807) is 0 Å². The topological polar surface area (TPSA) is 69.2 Å². The van der Waals surface area contributed by atoms with Crippen LogP contribution in [0.2, 0.25) is 5.02 Å². The van der Waals surface area contributed by atoms with Crippen LogP contribution in [0.3, 0.4) is 0 Å². The number of rotatable bonds is 1. The SMILES string of the molecule is Cc1c(F)cc(Cl)c(N)c1[N+](=O)[O-]. The second-order valence-corrected chi connectivity index (χ2v) is 2.89. The molecule has 0 aromatic heterocycles. The molecule has 0 heterocycles. The second-order valence-electron chi connectivity index (χ2n) is 2.48. The van der Waals surface area contributed by atoms with Crippen LogP contribution in [0, 0.1) is 22.9 Å². The van der Waals surface area contributed by atoms with Crippen LogP contribution in [-0.4, -0.2) is 4.92 Å². The van der Waals surface area contributed by atoms with E-state index in [2.05, 4.69) is 0 Å². The molecule has 1 aromatic carbocycles. The van der Waals surface area contributed by atoms with Gasteiger partial charge in [-0.25, -0.2) is 4.39 Å². The first kappa shape index (κ1) is 9.73. The molecule has 6 heteroatoms. The van der Waals surface area contributed by atoms with Gasteiger partial charge in [-0.1, -0.05) is 11.6 Å². The summed E-state index contributed by atoms with van der Waals surface area (Å²) in [5.74, 6) is -0.731. The molecule has 2 N–H and O–H groups in total. The molecule has 70 valence electrons. The number of nitro benzene ring substituents is 1. The van der Waals surface area contributed by atoms with Gasteiger partial charge in [0.25, 0.3) is 5.69 Å². The molecule has 13 heavy (non-hydrogen) atoms. The molecular formula is C7H6ClFN2O2. The second kappa shape index (κ2) is 3.18. The highest BCUT2D eigenvalue weighted by molar-refractivity contribution is 6.33. The number of nitrogen functional groups attached to an aromatic ring is 1. The average molecular weight is 205 g/mol. The van der Waals surface area contributed by atoms with Gasteiger partial charge in [0.2, 0.25) is 0 Å². The van der Waals surface area contributed by atoms with Gasteiger partial charge in [-0.3, -0.25) is 10.1 Å². The van der Waals surface area contributed by atoms with Crippen molar-refractivity contribution in [3.63, 3.8) is 0 Å². The third-order valence-corrected chi connectivity index (χ3v) is 1.97. The molecule has 0 saturated carbocycles. The lowest BCUT2D eigenvalue weighted by Gasteiger charge is -2.03. The van der Waals surface area contributed by atoms with E-state index in [4.69, 9.17) is 17.3 Å². The Kier molecular flexibility index (Phi) is 2.38. The summed E-state index contributed by atoms with van der Waals surface area (Å²) in [7, 11) is 0. The molecule has 4 nitrogen and oxygen atoms in total. The van der Waals surface area contributed by atoms with Crippen molar-refractivity contribution in [3.05, 3.63) is 32.6 Å². The van der Waals surface area contributed by atoms with Gasteiger partial charge in [0.05, 0.1) is 15.5 Å². The minimum Gasteiger partial charge on any atom is -0.392 e. The highest BCUT2D eigenvalue weighted by atomic mass is 35.5. The standard InChI is InChI=1S/C7H6ClFN2O2/c1-3-5(9)2-4(8)6(10)7(3)11(12)13/h2H,10H2,1H3. The van der Waals surface area contributed by atoms with Crippen molar-refractivity contribution < 1.29 is 9.31 Å². The van der Waals surface area contributed by atoms with Crippen LogP contribution in [0.4, 0.5) is 15.8 Å². The molecule has 0 aliphatic rings. The van der Waals surface area contributed by atoms with E-state index < -0.39 is 16.4 Å². The zero-order valence-electron chi connectivity index (χ0n) is 6.67. The largest absolute Gasteiger partial charge is 0.392 e. The molecular weight excluding hydrogens is 199 g/mol. The quantitative estimate of drug-likeness (QED) is 0.433. The molecule has 0 aliphatic heterocycles. The van der Waals surface area contributed by atoms with E-state index >= 15 is 0 Å². The van der Waals surface area contributed by atoms with Gasteiger partial charge in [-0.2, -0.15) is 0 Å². The van der Waals surface area contributed by atoms with Crippen molar-refractivity contribution in [1.29, 1.82) is 0 Å². The normalized spacial score (nSPS) is 10.1. The lowest BCUT2D eigenvalue weighted by molar-refractivity contribution is -0.384. The zero-order chi connectivity index (χ0) is 10.2. The van der Waals surface area contributed by atoms with Crippen LogP contribution in [-0.2, 0) is 0 Å². The summed E-state index contributed by atoms with van der Waals surface area (Å²) in [5, 5.41) is 10.3. The maximum Gasteiger partial charge on any atom is 0.299 e. The maximum atomic E-state index is 12.9. The van der Waals surface area contributed by atoms with Crippen molar-refractivity contribution in [3.8, 4) is 0 Å². The third-order valence-electron chi connectivity index (χ3n) is 1.66. The molecule has 0 radical (unpaired) electrons. The Hall–Kier alpha value is -1.36. The van der Waals surface area contributed by atoms with Crippen molar-refractivity contribution in [2.45, 2.75) is 6.92 Å². The Labute approximate surface area is 78.3 Å². The van der Waals surface area contributed by atoms with Gasteiger partial charge < -0.3 is 5.73 Å². The molecule has 0 aliphatic carbocycles.